The molecule has 2 aromatic rings. The van der Waals surface area contributed by atoms with Crippen LogP contribution in [0.15, 0.2) is 42.5 Å². The van der Waals surface area contributed by atoms with Gasteiger partial charge in [0.1, 0.15) is 0 Å². The van der Waals surface area contributed by atoms with E-state index in [1.165, 1.54) is 0 Å². The van der Waals surface area contributed by atoms with Gasteiger partial charge in [0.25, 0.3) is 0 Å². The first-order valence-corrected chi connectivity index (χ1v) is 6.28. The highest BCUT2D eigenvalue weighted by Crippen LogP contribution is 2.19. The minimum absolute atomic E-state index is 0.165. The number of carbonyl (C=O) groups is 1. The Morgan fingerprint density at radius 3 is 2.63 bits per heavy atom. The maximum absolute atomic E-state index is 11.3. The molecule has 0 aliphatic rings. The first kappa shape index (κ1) is 13.5. The van der Waals surface area contributed by atoms with Crippen molar-refractivity contribution in [2.24, 2.45) is 5.73 Å². The third-order valence-electron chi connectivity index (χ3n) is 3.04. The van der Waals surface area contributed by atoms with Gasteiger partial charge in [-0.2, -0.15) is 0 Å². The van der Waals surface area contributed by atoms with Gasteiger partial charge in [-0.3, -0.25) is 4.79 Å². The zero-order valence-corrected chi connectivity index (χ0v) is 10.8. The number of hydrogen-bond acceptors (Lipinski definition) is 3. The average Bonchev–Trinajstić information content (AvgIpc) is 2.43. The topological polar surface area (TPSA) is 75.4 Å². The normalized spacial score (nSPS) is 14.1. The molecule has 1 unspecified atom stereocenters. The Morgan fingerprint density at radius 2 is 1.95 bits per heavy atom. The highest BCUT2D eigenvalue weighted by molar-refractivity contribution is 5.83. The van der Waals surface area contributed by atoms with Crippen LogP contribution in [-0.4, -0.2) is 23.6 Å². The van der Waals surface area contributed by atoms with Crippen molar-refractivity contribution in [3.63, 3.8) is 0 Å². The van der Waals surface area contributed by atoms with Crippen LogP contribution in [0.4, 0.5) is 0 Å². The molecule has 19 heavy (non-hydrogen) atoms. The summed E-state index contributed by atoms with van der Waals surface area (Å²) in [6.45, 7) is 1.77. The summed E-state index contributed by atoms with van der Waals surface area (Å²) in [5.74, 6) is -0.264. The fourth-order valence-electron chi connectivity index (χ4n) is 1.89. The third kappa shape index (κ3) is 3.30. The predicted octanol–water partition coefficient (Wildman–Crippen LogP) is 1.34. The van der Waals surface area contributed by atoms with Crippen molar-refractivity contribution < 1.29 is 9.90 Å². The van der Waals surface area contributed by atoms with E-state index in [4.69, 9.17) is 5.73 Å². The molecule has 0 aliphatic heterocycles. The number of amides is 1. The Labute approximate surface area is 112 Å². The zero-order valence-electron chi connectivity index (χ0n) is 10.8. The molecule has 0 aromatic heterocycles. The van der Waals surface area contributed by atoms with Crippen LogP contribution in [0, 0.1) is 0 Å². The molecule has 100 valence electrons. The largest absolute Gasteiger partial charge is 0.387 e. The van der Waals surface area contributed by atoms with Crippen molar-refractivity contribution >= 4 is 16.7 Å². The molecule has 0 bridgehead atoms. The molecular weight excluding hydrogens is 240 g/mol. The second-order valence-electron chi connectivity index (χ2n) is 4.66. The van der Waals surface area contributed by atoms with Crippen LogP contribution in [0.25, 0.3) is 10.8 Å². The summed E-state index contributed by atoms with van der Waals surface area (Å²) in [5.41, 5.74) is 6.22. The van der Waals surface area contributed by atoms with E-state index < -0.39 is 12.1 Å². The van der Waals surface area contributed by atoms with Crippen LogP contribution in [-0.2, 0) is 4.79 Å². The fraction of sp³-hybridized carbons (Fsp3) is 0.267. The van der Waals surface area contributed by atoms with E-state index in [2.05, 4.69) is 5.32 Å². The van der Waals surface area contributed by atoms with E-state index in [0.717, 1.165) is 16.3 Å². The molecule has 4 heteroatoms. The standard InChI is InChI=1S/C15H18N2O2/c1-10(16)15(19)17-9-14(18)13-7-6-11-4-2-3-5-12(11)8-13/h2-8,10,14,18H,9,16H2,1H3,(H,17,19)/t10-,14?/m0/s1. The van der Waals surface area contributed by atoms with Crippen LogP contribution < -0.4 is 11.1 Å². The summed E-state index contributed by atoms with van der Waals surface area (Å²) >= 11 is 0. The molecular formula is C15H18N2O2. The summed E-state index contributed by atoms with van der Waals surface area (Å²) in [4.78, 5) is 11.3. The quantitative estimate of drug-likeness (QED) is 0.774. The van der Waals surface area contributed by atoms with E-state index >= 15 is 0 Å². The average molecular weight is 258 g/mol. The van der Waals surface area contributed by atoms with Gasteiger partial charge < -0.3 is 16.2 Å². The number of nitrogens with two attached hydrogens (primary N) is 1. The van der Waals surface area contributed by atoms with Crippen LogP contribution in [0.5, 0.6) is 0 Å². The van der Waals surface area contributed by atoms with Crippen LogP contribution >= 0.6 is 0 Å². The lowest BCUT2D eigenvalue weighted by Gasteiger charge is -2.14. The van der Waals surface area contributed by atoms with Gasteiger partial charge in [-0.1, -0.05) is 36.4 Å². The first-order valence-electron chi connectivity index (χ1n) is 6.28. The second-order valence-corrected chi connectivity index (χ2v) is 4.66. The molecule has 0 fully saturated rings. The number of fused-ring (bicyclic) bond motifs is 1. The molecule has 0 saturated heterocycles. The van der Waals surface area contributed by atoms with Crippen molar-refractivity contribution in [2.45, 2.75) is 19.1 Å². The maximum atomic E-state index is 11.3. The lowest BCUT2D eigenvalue weighted by Crippen LogP contribution is -2.40. The van der Waals surface area contributed by atoms with Gasteiger partial charge in [-0.05, 0) is 29.3 Å². The van der Waals surface area contributed by atoms with Gasteiger partial charge in [-0.15, -0.1) is 0 Å². The van der Waals surface area contributed by atoms with Crippen molar-refractivity contribution in [3.05, 3.63) is 48.0 Å². The molecule has 2 atom stereocenters. The van der Waals surface area contributed by atoms with Crippen LogP contribution in [0.1, 0.15) is 18.6 Å². The molecule has 0 radical (unpaired) electrons. The summed E-state index contributed by atoms with van der Waals surface area (Å²) < 4.78 is 0. The van der Waals surface area contributed by atoms with E-state index in [-0.39, 0.29) is 12.5 Å². The Kier molecular flexibility index (Phi) is 4.14. The molecule has 4 nitrogen and oxygen atoms in total. The summed E-state index contributed by atoms with van der Waals surface area (Å²) in [6, 6.07) is 13.1. The Morgan fingerprint density at radius 1 is 1.26 bits per heavy atom. The Hall–Kier alpha value is -1.91. The maximum Gasteiger partial charge on any atom is 0.236 e. The molecule has 0 spiro atoms. The highest BCUT2D eigenvalue weighted by atomic mass is 16.3. The van der Waals surface area contributed by atoms with Gasteiger partial charge in [0.05, 0.1) is 12.1 Å². The lowest BCUT2D eigenvalue weighted by atomic mass is 10.0. The minimum atomic E-state index is -0.729. The van der Waals surface area contributed by atoms with Gasteiger partial charge in [-0.25, -0.2) is 0 Å². The monoisotopic (exact) mass is 258 g/mol. The number of benzene rings is 2. The van der Waals surface area contributed by atoms with Crippen LogP contribution in [0.2, 0.25) is 0 Å². The number of aliphatic hydroxyl groups excluding tert-OH is 1. The van der Waals surface area contributed by atoms with E-state index in [0.29, 0.717) is 0 Å². The van der Waals surface area contributed by atoms with Crippen LogP contribution in [0.3, 0.4) is 0 Å². The number of aliphatic hydroxyl groups is 1. The number of carbonyl (C=O) groups excluding carboxylic acids is 1. The smallest absolute Gasteiger partial charge is 0.236 e. The molecule has 1 amide bonds. The van der Waals surface area contributed by atoms with Gasteiger partial charge >= 0.3 is 0 Å². The van der Waals surface area contributed by atoms with Crippen molar-refractivity contribution in [3.8, 4) is 0 Å². The van der Waals surface area contributed by atoms with Gasteiger partial charge in [0.2, 0.25) is 5.91 Å². The number of rotatable bonds is 4. The fourth-order valence-corrected chi connectivity index (χ4v) is 1.89. The molecule has 2 rings (SSSR count). The minimum Gasteiger partial charge on any atom is -0.387 e. The lowest BCUT2D eigenvalue weighted by molar-refractivity contribution is -0.122. The third-order valence-corrected chi connectivity index (χ3v) is 3.04. The van der Waals surface area contributed by atoms with E-state index in [1.54, 1.807) is 6.92 Å². The molecule has 0 heterocycles. The van der Waals surface area contributed by atoms with Crippen molar-refractivity contribution in [1.29, 1.82) is 0 Å². The zero-order chi connectivity index (χ0) is 13.8. The van der Waals surface area contributed by atoms with Gasteiger partial charge in [0, 0.05) is 6.54 Å². The molecule has 4 N–H and O–H groups in total. The molecule has 0 saturated carbocycles. The summed E-state index contributed by atoms with van der Waals surface area (Å²) in [7, 11) is 0. The first-order chi connectivity index (χ1) is 9.08. The van der Waals surface area contributed by atoms with Gasteiger partial charge in [0.15, 0.2) is 0 Å². The van der Waals surface area contributed by atoms with Crippen molar-refractivity contribution in [1.82, 2.24) is 5.32 Å². The second kappa shape index (κ2) is 5.82. The molecule has 0 aliphatic carbocycles. The Bertz CT molecular complexity index is 581. The molecule has 2 aromatic carbocycles. The van der Waals surface area contributed by atoms with E-state index in [9.17, 15) is 9.90 Å². The highest BCUT2D eigenvalue weighted by Gasteiger charge is 2.12. The predicted molar refractivity (Wildman–Crippen MR) is 75.6 cm³/mol. The summed E-state index contributed by atoms with van der Waals surface area (Å²) in [5, 5.41) is 14.9. The number of hydrogen-bond donors (Lipinski definition) is 3. The van der Waals surface area contributed by atoms with Crippen molar-refractivity contribution in [2.75, 3.05) is 6.54 Å². The SMILES string of the molecule is C[C@H](N)C(=O)NCC(O)c1ccc2ccccc2c1. The van der Waals surface area contributed by atoms with E-state index in [1.807, 2.05) is 42.5 Å². The summed E-state index contributed by atoms with van der Waals surface area (Å²) in [6.07, 6.45) is -0.729. The number of nitrogens with one attached hydrogen (secondary N) is 1. The Balaban J connectivity index is 2.08.